The first-order valence-electron chi connectivity index (χ1n) is 9.79. The Morgan fingerprint density at radius 2 is 1.73 bits per heavy atom. The molecule has 0 spiro atoms. The molecule has 0 fully saturated rings. The number of hydrogen-bond donors (Lipinski definition) is 1. The summed E-state index contributed by atoms with van der Waals surface area (Å²) in [6.07, 6.45) is 1.57. The van der Waals surface area contributed by atoms with Crippen LogP contribution in [0.4, 0.5) is 0 Å². The van der Waals surface area contributed by atoms with Crippen molar-refractivity contribution in [1.82, 2.24) is 15.5 Å². The molecule has 0 saturated heterocycles. The van der Waals surface area contributed by atoms with Gasteiger partial charge in [0.05, 0.1) is 10.9 Å². The zero-order chi connectivity index (χ0) is 20.3. The van der Waals surface area contributed by atoms with E-state index in [1.165, 1.54) is 0 Å². The maximum atomic E-state index is 12.7. The molecule has 5 rings (SSSR count). The number of carbonyl (C=O) groups is 1. The van der Waals surface area contributed by atoms with E-state index in [1.807, 2.05) is 66.0 Å². The number of benzene rings is 2. The molecule has 3 heterocycles. The van der Waals surface area contributed by atoms with Gasteiger partial charge in [-0.05, 0) is 30.0 Å². The third-order valence-corrected chi connectivity index (χ3v) is 5.86. The van der Waals surface area contributed by atoms with Crippen LogP contribution in [-0.2, 0) is 11.2 Å². The lowest BCUT2D eigenvalue weighted by Crippen LogP contribution is -2.31. The highest BCUT2D eigenvalue weighted by Gasteiger charge is 2.27. The summed E-state index contributed by atoms with van der Waals surface area (Å²) in [5, 5.41) is 9.15. The molecule has 1 aliphatic heterocycles. The van der Waals surface area contributed by atoms with Crippen molar-refractivity contribution in [3.63, 3.8) is 0 Å². The molecule has 150 valence electrons. The van der Waals surface area contributed by atoms with E-state index >= 15 is 0 Å². The monoisotopic (exact) mass is 417 g/mol. The highest BCUT2D eigenvalue weighted by atomic mass is 32.1. The molecular formula is C23H19N3O3S. The Morgan fingerprint density at radius 1 is 1.00 bits per heavy atom. The largest absolute Gasteiger partial charge is 0.457 e. The molecule has 6 nitrogen and oxygen atoms in total. The summed E-state index contributed by atoms with van der Waals surface area (Å²) < 4.78 is 11.3. The highest BCUT2D eigenvalue weighted by molar-refractivity contribution is 7.13. The quantitative estimate of drug-likeness (QED) is 0.470. The zero-order valence-electron chi connectivity index (χ0n) is 16.1. The zero-order valence-corrected chi connectivity index (χ0v) is 16.9. The molecular weight excluding hydrogens is 398 g/mol. The normalized spacial score (nSPS) is 12.7. The van der Waals surface area contributed by atoms with Crippen LogP contribution in [0.25, 0.3) is 10.7 Å². The van der Waals surface area contributed by atoms with Crippen molar-refractivity contribution >= 4 is 17.2 Å². The Balaban J connectivity index is 1.23. The van der Waals surface area contributed by atoms with E-state index in [4.69, 9.17) is 9.26 Å². The molecule has 4 aromatic rings. The number of nitrogens with one attached hydrogen (secondary N) is 1. The number of nitrogens with zero attached hydrogens (tertiary/aromatic N) is 2. The molecule has 2 aromatic heterocycles. The molecule has 0 unspecified atom stereocenters. The van der Waals surface area contributed by atoms with E-state index in [-0.39, 0.29) is 11.9 Å². The Morgan fingerprint density at radius 3 is 2.43 bits per heavy atom. The lowest BCUT2D eigenvalue weighted by Gasteiger charge is -2.28. The summed E-state index contributed by atoms with van der Waals surface area (Å²) in [5.74, 6) is 2.67. The van der Waals surface area contributed by atoms with Crippen molar-refractivity contribution in [2.75, 3.05) is 0 Å². The first-order valence-corrected chi connectivity index (χ1v) is 10.7. The van der Waals surface area contributed by atoms with Gasteiger partial charge in [-0.2, -0.15) is 4.98 Å². The minimum absolute atomic E-state index is 0.0236. The predicted octanol–water partition coefficient (Wildman–Crippen LogP) is 5.13. The van der Waals surface area contributed by atoms with Gasteiger partial charge in [0.1, 0.15) is 11.5 Å². The highest BCUT2D eigenvalue weighted by Crippen LogP contribution is 2.42. The maximum Gasteiger partial charge on any atom is 0.226 e. The van der Waals surface area contributed by atoms with Crippen LogP contribution < -0.4 is 10.1 Å². The Hall–Kier alpha value is -3.45. The number of carbonyl (C=O) groups excluding carboxylic acids is 1. The number of rotatable bonds is 6. The number of aryl methyl sites for hydroxylation is 1. The van der Waals surface area contributed by atoms with Crippen LogP contribution in [0.2, 0.25) is 0 Å². The minimum atomic E-state index is -0.229. The average molecular weight is 417 g/mol. The molecule has 2 aromatic carbocycles. The van der Waals surface area contributed by atoms with E-state index in [2.05, 4.69) is 15.5 Å². The third-order valence-electron chi connectivity index (χ3n) is 4.99. The number of hydrogen-bond acceptors (Lipinski definition) is 6. The number of ether oxygens (including phenoxy) is 1. The van der Waals surface area contributed by atoms with Gasteiger partial charge in [0.2, 0.25) is 17.6 Å². The molecule has 1 N–H and O–H groups in total. The van der Waals surface area contributed by atoms with Gasteiger partial charge in [-0.1, -0.05) is 47.6 Å². The van der Waals surface area contributed by atoms with E-state index in [9.17, 15) is 4.79 Å². The van der Waals surface area contributed by atoms with Crippen molar-refractivity contribution in [3.8, 4) is 22.2 Å². The first kappa shape index (κ1) is 18.6. The molecule has 0 atom stereocenters. The number of thiophene rings is 1. The van der Waals surface area contributed by atoms with E-state index in [0.717, 1.165) is 27.5 Å². The van der Waals surface area contributed by atoms with Gasteiger partial charge in [-0.3, -0.25) is 4.79 Å². The minimum Gasteiger partial charge on any atom is -0.457 e. The fourth-order valence-corrected chi connectivity index (χ4v) is 4.21. The second kappa shape index (κ2) is 8.12. The van der Waals surface area contributed by atoms with Gasteiger partial charge in [-0.25, -0.2) is 0 Å². The van der Waals surface area contributed by atoms with E-state index in [0.29, 0.717) is 31.0 Å². The molecule has 1 amide bonds. The van der Waals surface area contributed by atoms with Gasteiger partial charge >= 0.3 is 0 Å². The smallest absolute Gasteiger partial charge is 0.226 e. The van der Waals surface area contributed by atoms with Gasteiger partial charge in [0.25, 0.3) is 0 Å². The van der Waals surface area contributed by atoms with E-state index in [1.54, 1.807) is 11.3 Å². The number of aromatic nitrogens is 2. The average Bonchev–Trinajstić information content (AvgIpc) is 3.46. The topological polar surface area (TPSA) is 77.2 Å². The summed E-state index contributed by atoms with van der Waals surface area (Å²) in [7, 11) is 0. The van der Waals surface area contributed by atoms with Gasteiger partial charge < -0.3 is 14.6 Å². The fourth-order valence-electron chi connectivity index (χ4n) is 3.56. The summed E-state index contributed by atoms with van der Waals surface area (Å²) in [5.41, 5.74) is 1.92. The molecule has 0 saturated carbocycles. The lowest BCUT2D eigenvalue weighted by molar-refractivity contribution is -0.121. The van der Waals surface area contributed by atoms with Crippen molar-refractivity contribution < 1.29 is 14.1 Å². The SMILES string of the molecule is O=C(CCCc1nc(-c2cccs2)no1)NC1c2ccccc2Oc2ccccc21. The number of amides is 1. The van der Waals surface area contributed by atoms with Crippen LogP contribution in [0.5, 0.6) is 11.5 Å². The molecule has 30 heavy (non-hydrogen) atoms. The standard InChI is InChI=1S/C23H19N3O3S/c27-20(12-5-13-21-25-23(26-29-21)19-11-6-14-30-19)24-22-15-7-1-3-9-17(15)28-18-10-4-2-8-16(18)22/h1-4,6-11,14,22H,5,12-13H2,(H,24,27). The summed E-state index contributed by atoms with van der Waals surface area (Å²) in [6, 6.07) is 19.3. The molecule has 0 aliphatic carbocycles. The van der Waals surface area contributed by atoms with Crippen LogP contribution in [0.1, 0.15) is 35.9 Å². The number of fused-ring (bicyclic) bond motifs is 2. The van der Waals surface area contributed by atoms with Gasteiger partial charge in [-0.15, -0.1) is 11.3 Å². The van der Waals surface area contributed by atoms with Crippen molar-refractivity contribution in [2.24, 2.45) is 0 Å². The maximum absolute atomic E-state index is 12.7. The van der Waals surface area contributed by atoms with Crippen LogP contribution in [0.3, 0.4) is 0 Å². The Kier molecular flexibility index (Phi) is 5.03. The first-order chi connectivity index (χ1) is 14.8. The van der Waals surface area contributed by atoms with Crippen LogP contribution in [-0.4, -0.2) is 16.0 Å². The lowest BCUT2D eigenvalue weighted by atomic mass is 9.94. The molecule has 1 aliphatic rings. The van der Waals surface area contributed by atoms with Crippen molar-refractivity contribution in [1.29, 1.82) is 0 Å². The summed E-state index contributed by atoms with van der Waals surface area (Å²) in [6.45, 7) is 0. The van der Waals surface area contributed by atoms with Crippen LogP contribution in [0.15, 0.2) is 70.6 Å². The second-order valence-electron chi connectivity index (χ2n) is 7.02. The van der Waals surface area contributed by atoms with E-state index < -0.39 is 0 Å². The number of para-hydroxylation sites is 2. The summed E-state index contributed by atoms with van der Waals surface area (Å²) in [4.78, 5) is 18.1. The fraction of sp³-hybridized carbons (Fsp3) is 0.174. The third kappa shape index (κ3) is 3.71. The van der Waals surface area contributed by atoms with Gasteiger partial charge in [0, 0.05) is 24.0 Å². The Labute approximate surface area is 177 Å². The summed E-state index contributed by atoms with van der Waals surface area (Å²) >= 11 is 1.57. The Bertz CT molecular complexity index is 1120. The molecule has 0 radical (unpaired) electrons. The van der Waals surface area contributed by atoms with Crippen molar-refractivity contribution in [3.05, 3.63) is 83.1 Å². The molecule has 7 heteroatoms. The second-order valence-corrected chi connectivity index (χ2v) is 7.97. The predicted molar refractivity (Wildman–Crippen MR) is 113 cm³/mol. The molecule has 0 bridgehead atoms. The van der Waals surface area contributed by atoms with Crippen molar-refractivity contribution in [2.45, 2.75) is 25.3 Å². The van der Waals surface area contributed by atoms with Crippen LogP contribution >= 0.6 is 11.3 Å². The van der Waals surface area contributed by atoms with Gasteiger partial charge in [0.15, 0.2) is 0 Å². The van der Waals surface area contributed by atoms with Crippen LogP contribution in [0, 0.1) is 0 Å².